The van der Waals surface area contributed by atoms with Crippen LogP contribution in [0.25, 0.3) is 0 Å². The van der Waals surface area contributed by atoms with E-state index >= 15 is 0 Å². The number of hydrogen-bond acceptors (Lipinski definition) is 3. The first-order valence-electron chi connectivity index (χ1n) is 11.0. The number of aliphatic imine (C=N–C) groups is 1. The molecule has 1 aromatic carbocycles. The zero-order valence-corrected chi connectivity index (χ0v) is 18.1. The average Bonchev–Trinajstić information content (AvgIpc) is 3.33. The van der Waals surface area contributed by atoms with Crippen LogP contribution in [0.15, 0.2) is 47.7 Å². The second kappa shape index (κ2) is 11.0. The van der Waals surface area contributed by atoms with Crippen molar-refractivity contribution in [2.75, 3.05) is 19.6 Å². The van der Waals surface area contributed by atoms with Crippen LogP contribution in [0, 0.1) is 5.92 Å². The van der Waals surface area contributed by atoms with E-state index in [0.717, 1.165) is 38.0 Å². The molecular formula is C23H36N6. The Morgan fingerprint density at radius 2 is 2.07 bits per heavy atom. The van der Waals surface area contributed by atoms with E-state index in [0.29, 0.717) is 18.5 Å². The lowest BCUT2D eigenvalue weighted by molar-refractivity contribution is 0.245. The van der Waals surface area contributed by atoms with Gasteiger partial charge >= 0.3 is 0 Å². The summed E-state index contributed by atoms with van der Waals surface area (Å²) in [7, 11) is 0. The minimum atomic E-state index is 0.544. The molecule has 2 aromatic rings. The van der Waals surface area contributed by atoms with Gasteiger partial charge in [-0.2, -0.15) is 0 Å². The first kappa shape index (κ1) is 21.4. The molecule has 1 aliphatic heterocycles. The monoisotopic (exact) mass is 396 g/mol. The van der Waals surface area contributed by atoms with Crippen LogP contribution in [-0.4, -0.2) is 46.1 Å². The summed E-state index contributed by atoms with van der Waals surface area (Å²) in [6, 6.07) is 11.3. The Hall–Kier alpha value is -2.34. The maximum Gasteiger partial charge on any atom is 0.191 e. The van der Waals surface area contributed by atoms with Gasteiger partial charge in [0.25, 0.3) is 0 Å². The smallest absolute Gasteiger partial charge is 0.191 e. The first-order chi connectivity index (χ1) is 14.2. The van der Waals surface area contributed by atoms with Crippen LogP contribution in [0.2, 0.25) is 0 Å². The third-order valence-corrected chi connectivity index (χ3v) is 5.32. The van der Waals surface area contributed by atoms with Crippen LogP contribution in [0.1, 0.15) is 45.0 Å². The van der Waals surface area contributed by atoms with Gasteiger partial charge in [-0.05, 0) is 37.8 Å². The maximum atomic E-state index is 4.79. The predicted molar refractivity (Wildman–Crippen MR) is 120 cm³/mol. The van der Waals surface area contributed by atoms with Crippen LogP contribution in [0.3, 0.4) is 0 Å². The molecule has 3 rings (SSSR count). The summed E-state index contributed by atoms with van der Waals surface area (Å²) in [5.74, 6) is 2.48. The second-order valence-electron chi connectivity index (χ2n) is 8.22. The van der Waals surface area contributed by atoms with Crippen LogP contribution in [0.5, 0.6) is 0 Å². The van der Waals surface area contributed by atoms with E-state index in [4.69, 9.17) is 4.99 Å². The number of aromatic nitrogens is 2. The highest BCUT2D eigenvalue weighted by Gasteiger charge is 2.24. The minimum absolute atomic E-state index is 0.544. The Morgan fingerprint density at radius 1 is 1.24 bits per heavy atom. The second-order valence-corrected chi connectivity index (χ2v) is 8.22. The summed E-state index contributed by atoms with van der Waals surface area (Å²) < 4.78 is 2.20. The predicted octanol–water partition coefficient (Wildman–Crippen LogP) is 3.26. The Bertz CT molecular complexity index is 752. The highest BCUT2D eigenvalue weighted by molar-refractivity contribution is 5.79. The molecule has 0 aliphatic carbocycles. The van der Waals surface area contributed by atoms with Gasteiger partial charge in [-0.15, -0.1) is 0 Å². The van der Waals surface area contributed by atoms with E-state index in [2.05, 4.69) is 76.2 Å². The van der Waals surface area contributed by atoms with Gasteiger partial charge in [0, 0.05) is 44.6 Å². The van der Waals surface area contributed by atoms with Crippen molar-refractivity contribution in [3.63, 3.8) is 0 Å². The lowest BCUT2D eigenvalue weighted by Crippen LogP contribution is -2.44. The fourth-order valence-electron chi connectivity index (χ4n) is 3.91. The van der Waals surface area contributed by atoms with E-state index < -0.39 is 0 Å². The Balaban J connectivity index is 1.56. The molecule has 1 saturated heterocycles. The van der Waals surface area contributed by atoms with Crippen LogP contribution >= 0.6 is 0 Å². The normalized spacial score (nSPS) is 17.8. The van der Waals surface area contributed by atoms with Crippen molar-refractivity contribution < 1.29 is 0 Å². The molecule has 0 amide bonds. The Morgan fingerprint density at radius 3 is 2.83 bits per heavy atom. The molecule has 1 unspecified atom stereocenters. The third kappa shape index (κ3) is 6.60. The molecule has 2 N–H and O–H groups in total. The van der Waals surface area contributed by atoms with Gasteiger partial charge in [-0.3, -0.25) is 4.90 Å². The van der Waals surface area contributed by atoms with Crippen LogP contribution in [0.4, 0.5) is 0 Å². The first-order valence-corrected chi connectivity index (χ1v) is 11.0. The number of rotatable bonds is 9. The summed E-state index contributed by atoms with van der Waals surface area (Å²) >= 11 is 0. The number of nitrogens with one attached hydrogen (secondary N) is 2. The van der Waals surface area contributed by atoms with Gasteiger partial charge in [-0.25, -0.2) is 9.98 Å². The topological polar surface area (TPSA) is 57.5 Å². The summed E-state index contributed by atoms with van der Waals surface area (Å²) in [5.41, 5.74) is 1.39. The molecule has 0 spiro atoms. The van der Waals surface area contributed by atoms with Crippen LogP contribution in [-0.2, 0) is 19.6 Å². The molecule has 29 heavy (non-hydrogen) atoms. The molecule has 2 heterocycles. The van der Waals surface area contributed by atoms with E-state index in [-0.39, 0.29) is 0 Å². The van der Waals surface area contributed by atoms with E-state index in [1.807, 2.05) is 12.4 Å². The quantitative estimate of drug-likeness (QED) is 0.505. The van der Waals surface area contributed by atoms with Crippen molar-refractivity contribution in [1.29, 1.82) is 0 Å². The van der Waals surface area contributed by atoms with Gasteiger partial charge in [0.15, 0.2) is 5.96 Å². The van der Waals surface area contributed by atoms with E-state index in [1.165, 1.54) is 24.9 Å². The van der Waals surface area contributed by atoms with Crippen molar-refractivity contribution in [3.05, 3.63) is 54.1 Å². The van der Waals surface area contributed by atoms with Gasteiger partial charge in [0.2, 0.25) is 0 Å². The minimum Gasteiger partial charge on any atom is -0.357 e. The summed E-state index contributed by atoms with van der Waals surface area (Å²) in [6.07, 6.45) is 6.41. The number of likely N-dealkylation sites (tertiary alicyclic amines) is 1. The van der Waals surface area contributed by atoms with Gasteiger partial charge in [0.1, 0.15) is 12.4 Å². The van der Waals surface area contributed by atoms with Crippen molar-refractivity contribution in [2.24, 2.45) is 10.9 Å². The molecule has 1 aliphatic rings. The van der Waals surface area contributed by atoms with Crippen molar-refractivity contribution in [3.8, 4) is 0 Å². The Kier molecular flexibility index (Phi) is 8.11. The molecule has 0 bridgehead atoms. The summed E-state index contributed by atoms with van der Waals surface area (Å²) in [4.78, 5) is 11.9. The molecular weight excluding hydrogens is 360 g/mol. The standard InChI is InChI=1S/C23H36N6/c1-4-24-23(27-16-22-25-12-14-29(22)17-19(2)3)26-15-21-11-8-13-28(21)18-20-9-6-5-7-10-20/h5-7,9-10,12,14,19,21H,4,8,11,13,15-18H2,1-3H3,(H2,24,26,27). The van der Waals surface area contributed by atoms with Crippen molar-refractivity contribution >= 4 is 5.96 Å². The average molecular weight is 397 g/mol. The number of hydrogen-bond donors (Lipinski definition) is 2. The zero-order chi connectivity index (χ0) is 20.5. The van der Waals surface area contributed by atoms with Crippen molar-refractivity contribution in [2.45, 2.75) is 59.3 Å². The molecule has 158 valence electrons. The molecule has 1 atom stereocenters. The Labute approximate surface area is 175 Å². The number of imidazole rings is 1. The summed E-state index contributed by atoms with van der Waals surface area (Å²) in [6.45, 7) is 12.1. The van der Waals surface area contributed by atoms with E-state index in [1.54, 1.807) is 0 Å². The van der Waals surface area contributed by atoms with Gasteiger partial charge in [-0.1, -0.05) is 44.2 Å². The maximum absolute atomic E-state index is 4.79. The number of guanidine groups is 1. The molecule has 0 radical (unpaired) electrons. The molecule has 1 fully saturated rings. The highest BCUT2D eigenvalue weighted by Crippen LogP contribution is 2.19. The highest BCUT2D eigenvalue weighted by atomic mass is 15.2. The van der Waals surface area contributed by atoms with E-state index in [9.17, 15) is 0 Å². The fourth-order valence-corrected chi connectivity index (χ4v) is 3.91. The molecule has 1 aromatic heterocycles. The van der Waals surface area contributed by atoms with Gasteiger partial charge < -0.3 is 15.2 Å². The SMILES string of the molecule is CCNC(=NCc1nccn1CC(C)C)NCC1CCCN1Cc1ccccc1. The summed E-state index contributed by atoms with van der Waals surface area (Å²) in [5, 5.41) is 6.94. The third-order valence-electron chi connectivity index (χ3n) is 5.32. The molecule has 6 nitrogen and oxygen atoms in total. The fraction of sp³-hybridized carbons (Fsp3) is 0.565. The number of nitrogens with zero attached hydrogens (tertiary/aromatic N) is 4. The van der Waals surface area contributed by atoms with Crippen molar-refractivity contribution in [1.82, 2.24) is 25.1 Å². The largest absolute Gasteiger partial charge is 0.357 e. The zero-order valence-electron chi connectivity index (χ0n) is 18.1. The number of benzene rings is 1. The lowest BCUT2D eigenvalue weighted by Gasteiger charge is -2.25. The lowest BCUT2D eigenvalue weighted by atomic mass is 10.2. The van der Waals surface area contributed by atoms with Gasteiger partial charge in [0.05, 0.1) is 0 Å². The molecule has 0 saturated carbocycles. The van der Waals surface area contributed by atoms with Crippen LogP contribution < -0.4 is 10.6 Å². The molecule has 6 heteroatoms.